The predicted octanol–water partition coefficient (Wildman–Crippen LogP) is 1.63. The van der Waals surface area contributed by atoms with Crippen molar-refractivity contribution in [1.82, 2.24) is 15.3 Å². The van der Waals surface area contributed by atoms with E-state index in [1.165, 1.54) is 0 Å². The van der Waals surface area contributed by atoms with Gasteiger partial charge in [-0.2, -0.15) is 0 Å². The van der Waals surface area contributed by atoms with Gasteiger partial charge in [0.15, 0.2) is 0 Å². The third-order valence-electron chi connectivity index (χ3n) is 2.62. The SMILES string of the molecule is COCCC(NCc1cncnc1)C(C)C. The Hall–Kier alpha value is -1.00. The Kier molecular flexibility index (Phi) is 5.96. The summed E-state index contributed by atoms with van der Waals surface area (Å²) >= 11 is 0. The molecule has 0 aliphatic carbocycles. The van der Waals surface area contributed by atoms with Crippen LogP contribution in [-0.2, 0) is 11.3 Å². The summed E-state index contributed by atoms with van der Waals surface area (Å²) in [4.78, 5) is 7.99. The molecule has 4 heteroatoms. The second-order valence-corrected chi connectivity index (χ2v) is 4.26. The summed E-state index contributed by atoms with van der Waals surface area (Å²) in [5.74, 6) is 0.597. The van der Waals surface area contributed by atoms with Crippen molar-refractivity contribution in [1.29, 1.82) is 0 Å². The highest BCUT2D eigenvalue weighted by Crippen LogP contribution is 2.07. The smallest absolute Gasteiger partial charge is 0.115 e. The van der Waals surface area contributed by atoms with E-state index in [9.17, 15) is 0 Å². The molecule has 90 valence electrons. The van der Waals surface area contributed by atoms with Crippen molar-refractivity contribution in [3.63, 3.8) is 0 Å². The fraction of sp³-hybridized carbons (Fsp3) is 0.667. The van der Waals surface area contributed by atoms with Crippen molar-refractivity contribution < 1.29 is 4.74 Å². The van der Waals surface area contributed by atoms with Gasteiger partial charge in [0.05, 0.1) is 0 Å². The summed E-state index contributed by atoms with van der Waals surface area (Å²) in [6.45, 7) is 6.04. The minimum absolute atomic E-state index is 0.472. The van der Waals surface area contributed by atoms with Gasteiger partial charge in [0, 0.05) is 44.3 Å². The van der Waals surface area contributed by atoms with Crippen LogP contribution in [0.4, 0.5) is 0 Å². The Morgan fingerprint density at radius 1 is 1.31 bits per heavy atom. The Labute approximate surface area is 97.5 Å². The normalized spacial score (nSPS) is 13.0. The van der Waals surface area contributed by atoms with Crippen LogP contribution in [0.25, 0.3) is 0 Å². The molecule has 1 aromatic heterocycles. The van der Waals surface area contributed by atoms with Crippen molar-refractivity contribution in [3.05, 3.63) is 24.3 Å². The molecule has 1 heterocycles. The molecule has 0 radical (unpaired) electrons. The zero-order valence-corrected chi connectivity index (χ0v) is 10.3. The number of nitrogens with zero attached hydrogens (tertiary/aromatic N) is 2. The highest BCUT2D eigenvalue weighted by molar-refractivity contribution is 5.01. The molecule has 1 aromatic rings. The lowest BCUT2D eigenvalue weighted by atomic mass is 10.0. The van der Waals surface area contributed by atoms with E-state index in [1.807, 2.05) is 12.4 Å². The Morgan fingerprint density at radius 2 is 2.00 bits per heavy atom. The van der Waals surface area contributed by atoms with Gasteiger partial charge in [0.1, 0.15) is 6.33 Å². The maximum absolute atomic E-state index is 5.11. The van der Waals surface area contributed by atoms with E-state index in [4.69, 9.17) is 4.74 Å². The van der Waals surface area contributed by atoms with Gasteiger partial charge in [-0.1, -0.05) is 13.8 Å². The van der Waals surface area contributed by atoms with Crippen molar-refractivity contribution in [2.45, 2.75) is 32.9 Å². The average molecular weight is 223 g/mol. The first kappa shape index (κ1) is 13.1. The van der Waals surface area contributed by atoms with Gasteiger partial charge in [-0.25, -0.2) is 9.97 Å². The van der Waals surface area contributed by atoms with Crippen molar-refractivity contribution in [2.75, 3.05) is 13.7 Å². The monoisotopic (exact) mass is 223 g/mol. The quantitative estimate of drug-likeness (QED) is 0.763. The topological polar surface area (TPSA) is 47.0 Å². The summed E-state index contributed by atoms with van der Waals surface area (Å²) in [7, 11) is 1.74. The number of rotatable bonds is 7. The molecule has 1 rings (SSSR count). The minimum atomic E-state index is 0.472. The number of hydrogen-bond acceptors (Lipinski definition) is 4. The van der Waals surface area contributed by atoms with Gasteiger partial charge in [0.2, 0.25) is 0 Å². The molecule has 0 amide bonds. The lowest BCUT2D eigenvalue weighted by Gasteiger charge is -2.22. The molecule has 0 fully saturated rings. The van der Waals surface area contributed by atoms with Gasteiger partial charge in [-0.15, -0.1) is 0 Å². The molecular formula is C12H21N3O. The van der Waals surface area contributed by atoms with Crippen LogP contribution in [0.1, 0.15) is 25.8 Å². The maximum atomic E-state index is 5.11. The molecule has 0 saturated heterocycles. The first-order valence-corrected chi connectivity index (χ1v) is 5.70. The fourth-order valence-corrected chi connectivity index (χ4v) is 1.59. The van der Waals surface area contributed by atoms with E-state index in [0.29, 0.717) is 12.0 Å². The molecule has 0 aromatic carbocycles. The zero-order valence-electron chi connectivity index (χ0n) is 10.3. The van der Waals surface area contributed by atoms with E-state index >= 15 is 0 Å². The Bertz CT molecular complexity index is 277. The molecular weight excluding hydrogens is 202 g/mol. The highest BCUT2D eigenvalue weighted by Gasteiger charge is 2.12. The lowest BCUT2D eigenvalue weighted by molar-refractivity contribution is 0.173. The summed E-state index contributed by atoms with van der Waals surface area (Å²) in [6.07, 6.45) is 6.26. The Balaban J connectivity index is 2.38. The van der Waals surface area contributed by atoms with Crippen molar-refractivity contribution in [2.24, 2.45) is 5.92 Å². The second-order valence-electron chi connectivity index (χ2n) is 4.26. The standard InChI is InChI=1S/C12H21N3O/c1-10(2)12(4-5-16-3)15-8-11-6-13-9-14-7-11/h6-7,9-10,12,15H,4-5,8H2,1-3H3. The number of nitrogens with one attached hydrogen (secondary N) is 1. The molecule has 0 spiro atoms. The molecule has 1 atom stereocenters. The van der Waals surface area contributed by atoms with Crippen LogP contribution in [0.5, 0.6) is 0 Å². The van der Waals surface area contributed by atoms with Crippen LogP contribution in [0.3, 0.4) is 0 Å². The van der Waals surface area contributed by atoms with E-state index in [1.54, 1.807) is 13.4 Å². The molecule has 4 nitrogen and oxygen atoms in total. The van der Waals surface area contributed by atoms with Gasteiger partial charge in [-0.05, 0) is 12.3 Å². The highest BCUT2D eigenvalue weighted by atomic mass is 16.5. The predicted molar refractivity (Wildman–Crippen MR) is 64.0 cm³/mol. The van der Waals surface area contributed by atoms with E-state index in [2.05, 4.69) is 29.1 Å². The summed E-state index contributed by atoms with van der Waals surface area (Å²) in [5.41, 5.74) is 1.12. The number of ether oxygens (including phenoxy) is 1. The van der Waals surface area contributed by atoms with Crippen molar-refractivity contribution >= 4 is 0 Å². The number of aromatic nitrogens is 2. The molecule has 1 N–H and O–H groups in total. The summed E-state index contributed by atoms with van der Waals surface area (Å²) < 4.78 is 5.11. The van der Waals surface area contributed by atoms with Crippen LogP contribution in [-0.4, -0.2) is 29.7 Å². The van der Waals surface area contributed by atoms with Crippen LogP contribution in [0.15, 0.2) is 18.7 Å². The number of methoxy groups -OCH3 is 1. The van der Waals surface area contributed by atoms with Gasteiger partial charge < -0.3 is 10.1 Å². The zero-order chi connectivity index (χ0) is 11.8. The van der Waals surface area contributed by atoms with Gasteiger partial charge in [-0.3, -0.25) is 0 Å². The fourth-order valence-electron chi connectivity index (χ4n) is 1.59. The first-order valence-electron chi connectivity index (χ1n) is 5.70. The minimum Gasteiger partial charge on any atom is -0.385 e. The summed E-state index contributed by atoms with van der Waals surface area (Å²) in [6, 6.07) is 0.472. The van der Waals surface area contributed by atoms with Gasteiger partial charge >= 0.3 is 0 Å². The first-order chi connectivity index (χ1) is 7.74. The average Bonchev–Trinajstić information content (AvgIpc) is 2.30. The lowest BCUT2D eigenvalue weighted by Crippen LogP contribution is -2.34. The van der Waals surface area contributed by atoms with E-state index in [0.717, 1.165) is 25.1 Å². The molecule has 1 unspecified atom stereocenters. The maximum Gasteiger partial charge on any atom is 0.115 e. The van der Waals surface area contributed by atoms with Crippen LogP contribution >= 0.6 is 0 Å². The third kappa shape index (κ3) is 4.68. The van der Waals surface area contributed by atoms with Gasteiger partial charge in [0.25, 0.3) is 0 Å². The summed E-state index contributed by atoms with van der Waals surface area (Å²) in [5, 5.41) is 3.51. The number of hydrogen-bond donors (Lipinski definition) is 1. The molecule has 0 aliphatic heterocycles. The van der Waals surface area contributed by atoms with Crippen LogP contribution in [0.2, 0.25) is 0 Å². The Morgan fingerprint density at radius 3 is 2.56 bits per heavy atom. The molecule has 0 bridgehead atoms. The molecule has 0 aliphatic rings. The van der Waals surface area contributed by atoms with Crippen molar-refractivity contribution in [3.8, 4) is 0 Å². The molecule has 0 saturated carbocycles. The molecule has 16 heavy (non-hydrogen) atoms. The van der Waals surface area contributed by atoms with Crippen LogP contribution in [0, 0.1) is 5.92 Å². The van der Waals surface area contributed by atoms with E-state index in [-0.39, 0.29) is 0 Å². The van der Waals surface area contributed by atoms with Crippen LogP contribution < -0.4 is 5.32 Å². The third-order valence-corrected chi connectivity index (χ3v) is 2.62. The largest absolute Gasteiger partial charge is 0.385 e. The van der Waals surface area contributed by atoms with E-state index < -0.39 is 0 Å². The second kappa shape index (κ2) is 7.30.